The van der Waals surface area contributed by atoms with Gasteiger partial charge in [0.25, 0.3) is 0 Å². The molecular weight excluding hydrogens is 383 g/mol. The fourth-order valence-corrected chi connectivity index (χ4v) is 1.80. The van der Waals surface area contributed by atoms with Gasteiger partial charge in [-0.3, -0.25) is 0 Å². The van der Waals surface area contributed by atoms with Gasteiger partial charge >= 0.3 is 5.97 Å². The Hall–Kier alpha value is -2.96. The lowest BCUT2D eigenvalue weighted by Gasteiger charge is -2.13. The minimum Gasteiger partial charge on any atom is -0.491 e. The average Bonchev–Trinajstić information content (AvgIpc) is 2.69. The topological polar surface area (TPSA) is 116 Å². The van der Waals surface area contributed by atoms with E-state index < -0.39 is 30.9 Å². The van der Waals surface area contributed by atoms with Crippen LogP contribution in [-0.2, 0) is 9.53 Å². The van der Waals surface area contributed by atoms with Gasteiger partial charge in [0.05, 0.1) is 6.61 Å². The van der Waals surface area contributed by atoms with Crippen LogP contribution in [0.1, 0.15) is 0 Å². The van der Waals surface area contributed by atoms with Crippen LogP contribution >= 0.6 is 0 Å². The minimum atomic E-state index is -1.24. The third-order valence-corrected chi connectivity index (χ3v) is 3.23. The summed E-state index contributed by atoms with van der Waals surface area (Å²) in [6.07, 6.45) is 5.35. The van der Waals surface area contributed by atoms with Crippen molar-refractivity contribution in [1.29, 1.82) is 0 Å². The second kappa shape index (κ2) is 14.1. The molecule has 3 atom stereocenters. The highest BCUT2D eigenvalue weighted by Crippen LogP contribution is 2.11. The van der Waals surface area contributed by atoms with Crippen molar-refractivity contribution in [1.82, 2.24) is 0 Å². The molecule has 0 amide bonds. The lowest BCUT2D eigenvalue weighted by molar-refractivity contribution is -0.143. The van der Waals surface area contributed by atoms with Crippen molar-refractivity contribution in [3.05, 3.63) is 66.5 Å². The fourth-order valence-electron chi connectivity index (χ4n) is 1.80. The maximum Gasteiger partial charge on any atom is 0.329 e. The quantitative estimate of drug-likeness (QED) is 0.321. The molecule has 0 saturated carbocycles. The van der Waals surface area contributed by atoms with E-state index >= 15 is 0 Å². The summed E-state index contributed by atoms with van der Waals surface area (Å²) in [4.78, 5) is 10.3. The van der Waals surface area contributed by atoms with E-state index in [1.807, 2.05) is 0 Å². The highest BCUT2D eigenvalue weighted by molar-refractivity contribution is 5.67. The molecule has 1 aromatic carbocycles. The predicted octanol–water partition coefficient (Wildman–Crippen LogP) is 1.06. The van der Waals surface area contributed by atoms with Gasteiger partial charge < -0.3 is 29.9 Å². The molecular formula is C21H23FO7. The molecule has 0 aromatic heterocycles. The van der Waals surface area contributed by atoms with Crippen molar-refractivity contribution in [2.24, 2.45) is 0 Å². The van der Waals surface area contributed by atoms with Gasteiger partial charge in [0, 0.05) is 0 Å². The number of allylic oxidation sites excluding steroid dienone is 4. The molecule has 0 saturated heterocycles. The molecule has 1 rings (SSSR count). The van der Waals surface area contributed by atoms with Crippen LogP contribution in [0.15, 0.2) is 60.7 Å². The first-order valence-electron chi connectivity index (χ1n) is 8.61. The molecule has 8 heteroatoms. The summed E-state index contributed by atoms with van der Waals surface area (Å²) in [5.74, 6) is 4.26. The van der Waals surface area contributed by atoms with Crippen molar-refractivity contribution >= 4 is 5.97 Å². The zero-order chi connectivity index (χ0) is 21.5. The number of aliphatic hydroxyl groups is 3. The molecule has 0 bridgehead atoms. The number of aliphatic carboxylic acids is 1. The van der Waals surface area contributed by atoms with Crippen LogP contribution in [0.25, 0.3) is 0 Å². The smallest absolute Gasteiger partial charge is 0.329 e. The predicted molar refractivity (Wildman–Crippen MR) is 104 cm³/mol. The molecule has 4 N–H and O–H groups in total. The summed E-state index contributed by atoms with van der Waals surface area (Å²) in [5.41, 5.74) is 0. The summed E-state index contributed by atoms with van der Waals surface area (Å²) in [6, 6.07) is 5.44. The zero-order valence-electron chi connectivity index (χ0n) is 15.5. The van der Waals surface area contributed by atoms with Crippen molar-refractivity contribution < 1.29 is 39.1 Å². The minimum absolute atomic E-state index is 0.00121. The van der Waals surface area contributed by atoms with Crippen LogP contribution in [0, 0.1) is 17.7 Å². The maximum atomic E-state index is 12.8. The molecule has 0 spiro atoms. The zero-order valence-corrected chi connectivity index (χ0v) is 15.5. The number of ether oxygens (including phenoxy) is 2. The number of carbonyl (C=O) groups is 1. The normalized spacial score (nSPS) is 14.6. The van der Waals surface area contributed by atoms with E-state index in [-0.39, 0.29) is 19.0 Å². The third kappa shape index (κ3) is 12.2. The van der Waals surface area contributed by atoms with E-state index in [0.29, 0.717) is 5.75 Å². The molecule has 1 aromatic rings. The van der Waals surface area contributed by atoms with Crippen molar-refractivity contribution in [2.75, 3.05) is 19.8 Å². The van der Waals surface area contributed by atoms with Gasteiger partial charge in [-0.25, -0.2) is 9.18 Å². The van der Waals surface area contributed by atoms with Gasteiger partial charge in [-0.2, -0.15) is 0 Å². The Bertz CT molecular complexity index is 759. The molecule has 0 fully saturated rings. The second-order valence-electron chi connectivity index (χ2n) is 5.69. The third-order valence-electron chi connectivity index (χ3n) is 3.23. The summed E-state index contributed by atoms with van der Waals surface area (Å²) in [5, 5.41) is 37.3. The van der Waals surface area contributed by atoms with Gasteiger partial charge in [0.15, 0.2) is 0 Å². The van der Waals surface area contributed by atoms with Crippen LogP contribution in [0.4, 0.5) is 4.39 Å². The number of benzene rings is 1. The van der Waals surface area contributed by atoms with E-state index in [1.54, 1.807) is 0 Å². The molecule has 156 valence electrons. The molecule has 0 aliphatic rings. The Kier molecular flexibility index (Phi) is 11.7. The number of carboxylic acids is 1. The van der Waals surface area contributed by atoms with Crippen LogP contribution in [0.5, 0.6) is 5.75 Å². The molecule has 0 heterocycles. The SMILES string of the molecule is O=C(O)COC[C@H](O)[C@@H](O)/C=C/C=C/C#C/C=C/[C@H](O)COc1ccc(F)cc1. The van der Waals surface area contributed by atoms with Gasteiger partial charge in [-0.15, -0.1) is 0 Å². The average molecular weight is 406 g/mol. The summed E-state index contributed by atoms with van der Waals surface area (Å²) >= 11 is 0. The molecule has 0 aliphatic heterocycles. The number of aliphatic hydroxyl groups excluding tert-OH is 3. The standard InChI is InChI=1S/C21H23FO7/c22-16-9-11-18(12-10-16)29-13-17(23)7-5-3-1-2-4-6-8-19(24)20(25)14-28-15-21(26)27/h2,4-12,17,19-20,23-25H,13-15H2,(H,26,27)/b4-2+,7-5+,8-6+/t17-,19-,20-/m0/s1. The Labute approximate surface area is 168 Å². The maximum absolute atomic E-state index is 12.8. The monoisotopic (exact) mass is 406 g/mol. The van der Waals surface area contributed by atoms with Crippen LogP contribution in [-0.4, -0.2) is 64.5 Å². The molecule has 0 aliphatic carbocycles. The molecule has 7 nitrogen and oxygen atoms in total. The number of hydrogen-bond donors (Lipinski definition) is 4. The Balaban J connectivity index is 2.27. The Morgan fingerprint density at radius 3 is 2.41 bits per heavy atom. The lowest BCUT2D eigenvalue weighted by Crippen LogP contribution is -2.29. The van der Waals surface area contributed by atoms with Crippen molar-refractivity contribution in [3.8, 4) is 17.6 Å². The highest BCUT2D eigenvalue weighted by Gasteiger charge is 2.13. The van der Waals surface area contributed by atoms with Gasteiger partial charge in [0.2, 0.25) is 0 Å². The number of hydrogen-bond acceptors (Lipinski definition) is 6. The van der Waals surface area contributed by atoms with E-state index in [9.17, 15) is 24.5 Å². The Morgan fingerprint density at radius 1 is 1.03 bits per heavy atom. The summed E-state index contributed by atoms with van der Waals surface area (Å²) in [6.45, 7) is -0.859. The van der Waals surface area contributed by atoms with Gasteiger partial charge in [0.1, 0.15) is 43.1 Å². The first kappa shape index (κ1) is 24.1. The van der Waals surface area contributed by atoms with Gasteiger partial charge in [-0.1, -0.05) is 30.1 Å². The van der Waals surface area contributed by atoms with E-state index in [4.69, 9.17) is 9.84 Å². The van der Waals surface area contributed by atoms with Crippen molar-refractivity contribution in [2.45, 2.75) is 18.3 Å². The molecule has 29 heavy (non-hydrogen) atoms. The lowest BCUT2D eigenvalue weighted by atomic mass is 10.2. The van der Waals surface area contributed by atoms with Crippen LogP contribution in [0.3, 0.4) is 0 Å². The van der Waals surface area contributed by atoms with Crippen LogP contribution < -0.4 is 4.74 Å². The van der Waals surface area contributed by atoms with E-state index in [1.165, 1.54) is 60.7 Å². The largest absolute Gasteiger partial charge is 0.491 e. The number of rotatable bonds is 11. The summed E-state index contributed by atoms with van der Waals surface area (Å²) in [7, 11) is 0. The first-order chi connectivity index (χ1) is 13.9. The van der Waals surface area contributed by atoms with E-state index in [2.05, 4.69) is 16.6 Å². The Morgan fingerprint density at radius 2 is 1.72 bits per heavy atom. The van der Waals surface area contributed by atoms with E-state index in [0.717, 1.165) is 0 Å². The molecule has 0 unspecified atom stereocenters. The first-order valence-corrected chi connectivity index (χ1v) is 8.61. The highest BCUT2D eigenvalue weighted by atomic mass is 19.1. The van der Waals surface area contributed by atoms with Crippen LogP contribution in [0.2, 0.25) is 0 Å². The number of halogens is 1. The molecule has 0 radical (unpaired) electrons. The number of carboxylic acid groups (broad SMARTS) is 1. The summed E-state index contributed by atoms with van der Waals surface area (Å²) < 4.78 is 22.7. The van der Waals surface area contributed by atoms with Crippen molar-refractivity contribution in [3.63, 3.8) is 0 Å². The second-order valence-corrected chi connectivity index (χ2v) is 5.69. The van der Waals surface area contributed by atoms with Gasteiger partial charge in [-0.05, 0) is 42.5 Å². The fraction of sp³-hybridized carbons (Fsp3) is 0.286.